The molecule has 1 N–H and O–H groups in total. The maximum Gasteiger partial charge on any atom is 0.418 e. The lowest BCUT2D eigenvalue weighted by atomic mass is 10.1. The van der Waals surface area contributed by atoms with Crippen molar-refractivity contribution >= 4 is 27.6 Å². The number of carbonyl (C=O) groups is 1. The van der Waals surface area contributed by atoms with Gasteiger partial charge < -0.3 is 10.0 Å². The smallest absolute Gasteiger partial charge is 0.418 e. The Kier molecular flexibility index (Phi) is 4.84. The minimum absolute atomic E-state index is 0.00509. The molecule has 1 rings (SSSR count). The number of hydrogen-bond acceptors (Lipinski definition) is 2. The van der Waals surface area contributed by atoms with Crippen LogP contribution in [0, 0.1) is 5.92 Å². The van der Waals surface area contributed by atoms with E-state index in [0.29, 0.717) is 4.47 Å². The van der Waals surface area contributed by atoms with Gasteiger partial charge in [0.05, 0.1) is 11.5 Å². The third-order valence-corrected chi connectivity index (χ3v) is 3.14. The fraction of sp³-hybridized carbons (Fsp3) is 0.417. The molecule has 106 valence electrons. The van der Waals surface area contributed by atoms with E-state index in [1.807, 2.05) is 0 Å². The van der Waals surface area contributed by atoms with Crippen molar-refractivity contribution in [1.82, 2.24) is 0 Å². The van der Waals surface area contributed by atoms with Crippen molar-refractivity contribution in [3.05, 3.63) is 28.2 Å². The van der Waals surface area contributed by atoms with Gasteiger partial charge >= 0.3 is 12.1 Å². The summed E-state index contributed by atoms with van der Waals surface area (Å²) in [6.07, 6.45) is -4.48. The average molecular weight is 340 g/mol. The average Bonchev–Trinajstić information content (AvgIpc) is 2.26. The first kappa shape index (κ1) is 15.8. The van der Waals surface area contributed by atoms with Crippen LogP contribution in [0.1, 0.15) is 12.5 Å². The summed E-state index contributed by atoms with van der Waals surface area (Å²) in [4.78, 5) is 12.1. The van der Waals surface area contributed by atoms with Crippen LogP contribution in [0.4, 0.5) is 18.9 Å². The summed E-state index contributed by atoms with van der Waals surface area (Å²) in [5.41, 5.74) is -0.828. The largest absolute Gasteiger partial charge is 0.481 e. The highest BCUT2D eigenvalue weighted by molar-refractivity contribution is 9.10. The van der Waals surface area contributed by atoms with Crippen LogP contribution in [0.3, 0.4) is 0 Å². The number of anilines is 1. The molecule has 0 aliphatic rings. The molecule has 7 heteroatoms. The molecule has 0 amide bonds. The van der Waals surface area contributed by atoms with Crippen molar-refractivity contribution in [3.63, 3.8) is 0 Å². The summed E-state index contributed by atoms with van der Waals surface area (Å²) >= 11 is 3.12. The molecule has 3 nitrogen and oxygen atoms in total. The van der Waals surface area contributed by atoms with Crippen molar-refractivity contribution in [2.45, 2.75) is 13.1 Å². The SMILES string of the molecule is CC(CN(C)c1cc(Br)ccc1C(F)(F)F)C(=O)O. The number of carboxylic acid groups (broad SMARTS) is 1. The number of nitrogens with zero attached hydrogens (tertiary/aromatic N) is 1. The van der Waals surface area contributed by atoms with Gasteiger partial charge in [0.15, 0.2) is 0 Å². The molecule has 0 saturated carbocycles. The highest BCUT2D eigenvalue weighted by Gasteiger charge is 2.34. The summed E-state index contributed by atoms with van der Waals surface area (Å²) in [5, 5.41) is 8.80. The van der Waals surface area contributed by atoms with E-state index in [4.69, 9.17) is 5.11 Å². The van der Waals surface area contributed by atoms with Gasteiger partial charge in [-0.2, -0.15) is 13.2 Å². The first-order valence-electron chi connectivity index (χ1n) is 5.43. The van der Waals surface area contributed by atoms with Crippen molar-refractivity contribution in [2.75, 3.05) is 18.5 Å². The van der Waals surface area contributed by atoms with E-state index < -0.39 is 23.6 Å². The van der Waals surface area contributed by atoms with Crippen molar-refractivity contribution in [2.24, 2.45) is 5.92 Å². The van der Waals surface area contributed by atoms with Crippen LogP contribution >= 0.6 is 15.9 Å². The summed E-state index contributed by atoms with van der Waals surface area (Å²) in [6, 6.07) is 3.61. The van der Waals surface area contributed by atoms with E-state index in [-0.39, 0.29) is 12.2 Å². The number of benzene rings is 1. The van der Waals surface area contributed by atoms with Crippen molar-refractivity contribution in [1.29, 1.82) is 0 Å². The number of rotatable bonds is 4. The molecule has 1 aromatic carbocycles. The molecule has 0 fully saturated rings. The Bertz CT molecular complexity index is 477. The zero-order valence-electron chi connectivity index (χ0n) is 10.3. The van der Waals surface area contributed by atoms with Crippen molar-refractivity contribution < 1.29 is 23.1 Å². The van der Waals surface area contributed by atoms with E-state index in [1.54, 1.807) is 0 Å². The molecule has 0 spiro atoms. The van der Waals surface area contributed by atoms with Crippen molar-refractivity contribution in [3.8, 4) is 0 Å². The number of aliphatic carboxylic acids is 1. The van der Waals surface area contributed by atoms with Crippen LogP contribution in [0.5, 0.6) is 0 Å². The Morgan fingerprint density at radius 3 is 2.53 bits per heavy atom. The maximum atomic E-state index is 12.9. The van der Waals surface area contributed by atoms with Gasteiger partial charge in [-0.25, -0.2) is 0 Å². The Morgan fingerprint density at radius 1 is 1.47 bits per heavy atom. The predicted molar refractivity (Wildman–Crippen MR) is 69.2 cm³/mol. The number of alkyl halides is 3. The molecule has 19 heavy (non-hydrogen) atoms. The lowest BCUT2D eigenvalue weighted by Gasteiger charge is -2.25. The first-order chi connectivity index (χ1) is 8.62. The Labute approximate surface area is 117 Å². The van der Waals surface area contributed by atoms with Gasteiger partial charge in [-0.3, -0.25) is 4.79 Å². The molecule has 0 aromatic heterocycles. The van der Waals surface area contributed by atoms with Gasteiger partial charge in [0.2, 0.25) is 0 Å². The molecular formula is C12H13BrF3NO2. The van der Waals surface area contributed by atoms with E-state index >= 15 is 0 Å². The van der Waals surface area contributed by atoms with Gasteiger partial charge in [-0.1, -0.05) is 22.9 Å². The second-order valence-electron chi connectivity index (χ2n) is 4.28. The normalized spacial score (nSPS) is 13.2. The standard InChI is InChI=1S/C12H13BrF3NO2/c1-7(11(18)19)6-17(2)10-5-8(13)3-4-9(10)12(14,15)16/h3-5,7H,6H2,1-2H3,(H,18,19). The fourth-order valence-electron chi connectivity index (χ4n) is 1.65. The molecule has 0 saturated heterocycles. The van der Waals surface area contributed by atoms with Crippen LogP contribution in [0.2, 0.25) is 0 Å². The van der Waals surface area contributed by atoms with Gasteiger partial charge in [0, 0.05) is 23.8 Å². The molecule has 0 aliphatic heterocycles. The van der Waals surface area contributed by atoms with Crippen LogP contribution in [0.25, 0.3) is 0 Å². The highest BCUT2D eigenvalue weighted by Crippen LogP contribution is 2.37. The zero-order chi connectivity index (χ0) is 14.8. The molecule has 1 unspecified atom stereocenters. The summed E-state index contributed by atoms with van der Waals surface area (Å²) in [5.74, 6) is -1.81. The summed E-state index contributed by atoms with van der Waals surface area (Å²) in [6.45, 7) is 1.44. The number of carboxylic acids is 1. The number of hydrogen-bond donors (Lipinski definition) is 1. The van der Waals surface area contributed by atoms with E-state index in [9.17, 15) is 18.0 Å². The second kappa shape index (κ2) is 5.81. The Morgan fingerprint density at radius 2 is 2.05 bits per heavy atom. The van der Waals surface area contributed by atoms with E-state index in [0.717, 1.165) is 6.07 Å². The van der Waals surface area contributed by atoms with Gasteiger partial charge in [-0.05, 0) is 18.2 Å². The third kappa shape index (κ3) is 4.12. The van der Waals surface area contributed by atoms with Crippen LogP contribution in [0.15, 0.2) is 22.7 Å². The monoisotopic (exact) mass is 339 g/mol. The molecule has 1 aromatic rings. The Balaban J connectivity index is 3.11. The molecule has 0 aliphatic carbocycles. The topological polar surface area (TPSA) is 40.5 Å². The molecule has 0 heterocycles. The summed E-state index contributed by atoms with van der Waals surface area (Å²) in [7, 11) is 1.44. The molecule has 1 atom stereocenters. The maximum absolute atomic E-state index is 12.9. The van der Waals surface area contributed by atoms with Gasteiger partial charge in [-0.15, -0.1) is 0 Å². The number of halogens is 4. The van der Waals surface area contributed by atoms with Crippen LogP contribution < -0.4 is 4.90 Å². The summed E-state index contributed by atoms with van der Waals surface area (Å²) < 4.78 is 39.1. The van der Waals surface area contributed by atoms with Gasteiger partial charge in [0.25, 0.3) is 0 Å². The zero-order valence-corrected chi connectivity index (χ0v) is 11.9. The highest BCUT2D eigenvalue weighted by atomic mass is 79.9. The van der Waals surface area contributed by atoms with Crippen LogP contribution in [-0.4, -0.2) is 24.7 Å². The predicted octanol–water partition coefficient (Wildman–Crippen LogP) is 3.62. The second-order valence-corrected chi connectivity index (χ2v) is 5.19. The lowest BCUT2D eigenvalue weighted by molar-refractivity contribution is -0.140. The van der Waals surface area contributed by atoms with Crippen LogP contribution in [-0.2, 0) is 11.0 Å². The molecule has 0 radical (unpaired) electrons. The third-order valence-electron chi connectivity index (χ3n) is 2.65. The molecular weight excluding hydrogens is 327 g/mol. The molecule has 0 bridgehead atoms. The quantitative estimate of drug-likeness (QED) is 0.910. The first-order valence-corrected chi connectivity index (χ1v) is 6.23. The minimum atomic E-state index is -4.48. The van der Waals surface area contributed by atoms with E-state index in [1.165, 1.54) is 31.0 Å². The van der Waals surface area contributed by atoms with E-state index in [2.05, 4.69) is 15.9 Å². The lowest BCUT2D eigenvalue weighted by Crippen LogP contribution is -2.30. The Hall–Kier alpha value is -1.24. The van der Waals surface area contributed by atoms with Gasteiger partial charge in [0.1, 0.15) is 0 Å². The fourth-order valence-corrected chi connectivity index (χ4v) is 2.00. The minimum Gasteiger partial charge on any atom is -0.481 e.